The van der Waals surface area contributed by atoms with Crippen molar-refractivity contribution >= 4 is 23.5 Å². The van der Waals surface area contributed by atoms with Gasteiger partial charge >= 0.3 is 11.9 Å². The molecule has 0 amide bonds. The molecule has 0 saturated carbocycles. The van der Waals surface area contributed by atoms with Gasteiger partial charge in [-0.05, 0) is 37.1 Å². The van der Waals surface area contributed by atoms with Crippen LogP contribution in [0.4, 0.5) is 0 Å². The highest BCUT2D eigenvalue weighted by Gasteiger charge is 2.33. The van der Waals surface area contributed by atoms with Gasteiger partial charge in [0, 0.05) is 11.6 Å². The molecule has 2 unspecified atom stereocenters. The maximum atomic E-state index is 11.5. The second-order valence-electron chi connectivity index (χ2n) is 4.96. The molecular formula is C14H16ClNO4. The van der Waals surface area contributed by atoms with E-state index in [4.69, 9.17) is 16.7 Å². The van der Waals surface area contributed by atoms with Crippen molar-refractivity contribution in [1.82, 2.24) is 4.90 Å². The lowest BCUT2D eigenvalue weighted by atomic mass is 9.95. The van der Waals surface area contributed by atoms with Gasteiger partial charge in [-0.2, -0.15) is 0 Å². The number of hydrogen-bond donors (Lipinski definition) is 2. The number of aliphatic carboxylic acids is 2. The summed E-state index contributed by atoms with van der Waals surface area (Å²) in [4.78, 5) is 24.3. The van der Waals surface area contributed by atoms with Crippen LogP contribution >= 0.6 is 11.6 Å². The van der Waals surface area contributed by atoms with Crippen LogP contribution in [0.3, 0.4) is 0 Å². The first kappa shape index (κ1) is 14.8. The Kier molecular flexibility index (Phi) is 4.62. The van der Waals surface area contributed by atoms with E-state index in [1.54, 1.807) is 29.2 Å². The number of halogens is 1. The molecule has 0 spiro atoms. The molecule has 108 valence electrons. The van der Waals surface area contributed by atoms with E-state index in [0.717, 1.165) is 0 Å². The van der Waals surface area contributed by atoms with Crippen LogP contribution in [0.25, 0.3) is 0 Å². The Hall–Kier alpha value is -1.59. The monoisotopic (exact) mass is 297 g/mol. The molecule has 2 rings (SSSR count). The molecule has 6 heteroatoms. The van der Waals surface area contributed by atoms with Crippen LogP contribution in [0.2, 0.25) is 5.02 Å². The zero-order valence-electron chi connectivity index (χ0n) is 10.8. The van der Waals surface area contributed by atoms with E-state index in [1.807, 2.05) is 0 Å². The third-order valence-corrected chi connectivity index (χ3v) is 3.84. The van der Waals surface area contributed by atoms with Crippen LogP contribution in [-0.4, -0.2) is 40.1 Å². The Labute approximate surface area is 121 Å². The first-order chi connectivity index (χ1) is 9.49. The second-order valence-corrected chi connectivity index (χ2v) is 5.40. The number of piperidine rings is 1. The van der Waals surface area contributed by atoms with Gasteiger partial charge in [-0.15, -0.1) is 0 Å². The van der Waals surface area contributed by atoms with E-state index in [9.17, 15) is 14.7 Å². The minimum absolute atomic E-state index is 0.259. The SMILES string of the molecule is O=C(O)C1CCCN(C(C(=O)O)c2ccc(Cl)cc2)C1. The van der Waals surface area contributed by atoms with Crippen molar-refractivity contribution in [2.75, 3.05) is 13.1 Å². The highest BCUT2D eigenvalue weighted by molar-refractivity contribution is 6.30. The molecule has 5 nitrogen and oxygen atoms in total. The van der Waals surface area contributed by atoms with E-state index in [2.05, 4.69) is 0 Å². The third-order valence-electron chi connectivity index (χ3n) is 3.59. The van der Waals surface area contributed by atoms with Crippen molar-refractivity contribution in [2.45, 2.75) is 18.9 Å². The molecule has 2 N–H and O–H groups in total. The average Bonchev–Trinajstić information content (AvgIpc) is 2.41. The highest BCUT2D eigenvalue weighted by Crippen LogP contribution is 2.28. The molecule has 0 radical (unpaired) electrons. The smallest absolute Gasteiger partial charge is 0.325 e. The molecule has 1 fully saturated rings. The second kappa shape index (κ2) is 6.24. The fourth-order valence-corrected chi connectivity index (χ4v) is 2.72. The Morgan fingerprint density at radius 1 is 1.25 bits per heavy atom. The summed E-state index contributed by atoms with van der Waals surface area (Å²) in [6.07, 6.45) is 1.28. The average molecular weight is 298 g/mol. The number of rotatable bonds is 4. The maximum absolute atomic E-state index is 11.5. The van der Waals surface area contributed by atoms with Crippen molar-refractivity contribution in [2.24, 2.45) is 5.92 Å². The summed E-state index contributed by atoms with van der Waals surface area (Å²) >= 11 is 5.81. The van der Waals surface area contributed by atoms with Crippen molar-refractivity contribution in [3.05, 3.63) is 34.9 Å². The Morgan fingerprint density at radius 2 is 1.90 bits per heavy atom. The molecule has 20 heavy (non-hydrogen) atoms. The van der Waals surface area contributed by atoms with Crippen LogP contribution < -0.4 is 0 Å². The Balaban J connectivity index is 2.22. The zero-order chi connectivity index (χ0) is 14.7. The summed E-state index contributed by atoms with van der Waals surface area (Å²) in [6.45, 7) is 0.846. The standard InChI is InChI=1S/C14H16ClNO4/c15-11-5-3-9(4-6-11)12(14(19)20)16-7-1-2-10(8-16)13(17)18/h3-6,10,12H,1-2,7-8H2,(H,17,18)(H,19,20). The number of nitrogens with zero attached hydrogens (tertiary/aromatic N) is 1. The largest absolute Gasteiger partial charge is 0.481 e. The van der Waals surface area contributed by atoms with Gasteiger partial charge in [-0.3, -0.25) is 14.5 Å². The van der Waals surface area contributed by atoms with E-state index < -0.39 is 23.9 Å². The van der Waals surface area contributed by atoms with Gasteiger partial charge in [0.15, 0.2) is 0 Å². The number of carboxylic acid groups (broad SMARTS) is 2. The minimum atomic E-state index is -0.974. The lowest BCUT2D eigenvalue weighted by molar-refractivity contribution is -0.149. The fraction of sp³-hybridized carbons (Fsp3) is 0.429. The van der Waals surface area contributed by atoms with Crippen LogP contribution in [0.15, 0.2) is 24.3 Å². The summed E-state index contributed by atoms with van der Waals surface area (Å²) in [6, 6.07) is 5.81. The van der Waals surface area contributed by atoms with Crippen molar-refractivity contribution < 1.29 is 19.8 Å². The van der Waals surface area contributed by atoms with Crippen LogP contribution in [0.5, 0.6) is 0 Å². The van der Waals surface area contributed by atoms with E-state index in [1.165, 1.54) is 0 Å². The van der Waals surface area contributed by atoms with E-state index in [0.29, 0.717) is 30.0 Å². The third kappa shape index (κ3) is 3.29. The van der Waals surface area contributed by atoms with Gasteiger partial charge in [0.05, 0.1) is 5.92 Å². The molecule has 0 bridgehead atoms. The molecule has 0 aliphatic carbocycles. The number of benzene rings is 1. The molecule has 2 atom stereocenters. The molecule has 1 heterocycles. The van der Waals surface area contributed by atoms with Gasteiger partial charge in [0.25, 0.3) is 0 Å². The van der Waals surface area contributed by atoms with Gasteiger partial charge in [0.1, 0.15) is 6.04 Å². The molecule has 1 aromatic rings. The summed E-state index contributed by atoms with van der Waals surface area (Å²) in [5.74, 6) is -2.34. The first-order valence-electron chi connectivity index (χ1n) is 6.44. The van der Waals surface area contributed by atoms with E-state index in [-0.39, 0.29) is 6.54 Å². The summed E-state index contributed by atoms with van der Waals surface area (Å²) in [5, 5.41) is 19.1. The normalized spacial score (nSPS) is 21.4. The van der Waals surface area contributed by atoms with Crippen LogP contribution in [0, 0.1) is 5.92 Å². The summed E-state index contributed by atoms with van der Waals surface area (Å²) < 4.78 is 0. The molecule has 1 aromatic carbocycles. The van der Waals surface area contributed by atoms with Crippen molar-refractivity contribution in [3.63, 3.8) is 0 Å². The lowest BCUT2D eigenvalue weighted by Gasteiger charge is -2.35. The highest BCUT2D eigenvalue weighted by atomic mass is 35.5. The Morgan fingerprint density at radius 3 is 2.45 bits per heavy atom. The predicted octanol–water partition coefficient (Wildman–Crippen LogP) is 2.26. The molecular weight excluding hydrogens is 282 g/mol. The summed E-state index contributed by atoms with van der Waals surface area (Å²) in [5.41, 5.74) is 0.618. The lowest BCUT2D eigenvalue weighted by Crippen LogP contribution is -2.43. The van der Waals surface area contributed by atoms with Gasteiger partial charge in [-0.25, -0.2) is 0 Å². The zero-order valence-corrected chi connectivity index (χ0v) is 11.6. The number of hydrogen-bond acceptors (Lipinski definition) is 3. The molecule has 1 aliphatic rings. The van der Waals surface area contributed by atoms with Crippen molar-refractivity contribution in [3.8, 4) is 0 Å². The Bertz CT molecular complexity index is 502. The summed E-state index contributed by atoms with van der Waals surface area (Å²) in [7, 11) is 0. The topological polar surface area (TPSA) is 77.8 Å². The fourth-order valence-electron chi connectivity index (χ4n) is 2.60. The van der Waals surface area contributed by atoms with E-state index >= 15 is 0 Å². The maximum Gasteiger partial charge on any atom is 0.325 e. The van der Waals surface area contributed by atoms with Crippen molar-refractivity contribution in [1.29, 1.82) is 0 Å². The number of carbonyl (C=O) groups is 2. The van der Waals surface area contributed by atoms with Gasteiger partial charge in [-0.1, -0.05) is 23.7 Å². The predicted molar refractivity (Wildman–Crippen MR) is 73.8 cm³/mol. The van der Waals surface area contributed by atoms with Crippen LogP contribution in [-0.2, 0) is 9.59 Å². The van der Waals surface area contributed by atoms with Gasteiger partial charge in [0.2, 0.25) is 0 Å². The number of carboxylic acids is 2. The minimum Gasteiger partial charge on any atom is -0.481 e. The molecule has 0 aromatic heterocycles. The quantitative estimate of drug-likeness (QED) is 0.891. The van der Waals surface area contributed by atoms with Gasteiger partial charge < -0.3 is 10.2 Å². The molecule has 1 saturated heterocycles. The first-order valence-corrected chi connectivity index (χ1v) is 6.82. The van der Waals surface area contributed by atoms with Crippen LogP contribution in [0.1, 0.15) is 24.4 Å². The number of likely N-dealkylation sites (tertiary alicyclic amines) is 1. The molecule has 1 aliphatic heterocycles.